The van der Waals surface area contributed by atoms with Gasteiger partial charge < -0.3 is 15.8 Å². The van der Waals surface area contributed by atoms with Crippen molar-refractivity contribution < 1.29 is 9.53 Å². The van der Waals surface area contributed by atoms with E-state index in [1.165, 1.54) is 0 Å². The lowest BCUT2D eigenvalue weighted by molar-refractivity contribution is -0.122. The smallest absolute Gasteiger partial charge is 0.237 e. The molecule has 0 radical (unpaired) electrons. The second kappa shape index (κ2) is 8.32. The molecule has 0 aliphatic rings. The lowest BCUT2D eigenvalue weighted by atomic mass is 10.1. The van der Waals surface area contributed by atoms with Crippen LogP contribution in [0.4, 0.5) is 0 Å². The first-order valence-corrected chi connectivity index (χ1v) is 7.33. The Labute approximate surface area is 131 Å². The molecule has 0 saturated heterocycles. The normalized spacial score (nSPS) is 11.9. The van der Waals surface area contributed by atoms with Crippen LogP contribution >= 0.6 is 0 Å². The first-order valence-electron chi connectivity index (χ1n) is 7.33. The Hall–Kier alpha value is -2.17. The summed E-state index contributed by atoms with van der Waals surface area (Å²) >= 11 is 0. The van der Waals surface area contributed by atoms with Gasteiger partial charge in [-0.2, -0.15) is 0 Å². The van der Waals surface area contributed by atoms with Crippen molar-refractivity contribution in [3.63, 3.8) is 0 Å². The maximum Gasteiger partial charge on any atom is 0.237 e. The minimum atomic E-state index is -0.544. The molecule has 2 aromatic carbocycles. The van der Waals surface area contributed by atoms with Gasteiger partial charge in [-0.25, -0.2) is 0 Å². The van der Waals surface area contributed by atoms with Crippen LogP contribution in [0.1, 0.15) is 16.7 Å². The molecule has 0 heterocycles. The van der Waals surface area contributed by atoms with Gasteiger partial charge in [0, 0.05) is 13.7 Å². The van der Waals surface area contributed by atoms with Crippen molar-refractivity contribution in [3.8, 4) is 0 Å². The number of nitrogens with one attached hydrogen (secondary N) is 1. The summed E-state index contributed by atoms with van der Waals surface area (Å²) in [7, 11) is 1.66. The summed E-state index contributed by atoms with van der Waals surface area (Å²) in [5.74, 6) is -0.143. The van der Waals surface area contributed by atoms with E-state index in [2.05, 4.69) is 5.32 Å². The third-order valence-corrected chi connectivity index (χ3v) is 3.51. The van der Waals surface area contributed by atoms with Crippen molar-refractivity contribution in [1.29, 1.82) is 0 Å². The number of amides is 1. The van der Waals surface area contributed by atoms with Crippen LogP contribution in [0.3, 0.4) is 0 Å². The van der Waals surface area contributed by atoms with Crippen molar-refractivity contribution in [2.24, 2.45) is 5.73 Å². The molecule has 2 rings (SSSR count). The average Bonchev–Trinajstić information content (AvgIpc) is 2.55. The zero-order valence-corrected chi connectivity index (χ0v) is 12.8. The Bertz CT molecular complexity index is 599. The van der Waals surface area contributed by atoms with E-state index >= 15 is 0 Å². The second-order valence-corrected chi connectivity index (χ2v) is 5.22. The van der Waals surface area contributed by atoms with Gasteiger partial charge in [0.05, 0.1) is 12.6 Å². The molecule has 0 aliphatic heterocycles. The summed E-state index contributed by atoms with van der Waals surface area (Å²) in [4.78, 5) is 12.1. The lowest BCUT2D eigenvalue weighted by Gasteiger charge is -2.14. The molecule has 0 bridgehead atoms. The SMILES string of the molecule is COCc1ccccc1CNC(=O)C(N)Cc1ccccc1. The van der Waals surface area contributed by atoms with Gasteiger partial charge in [-0.1, -0.05) is 54.6 Å². The van der Waals surface area contributed by atoms with Crippen molar-refractivity contribution in [3.05, 3.63) is 71.3 Å². The minimum Gasteiger partial charge on any atom is -0.380 e. The van der Waals surface area contributed by atoms with Crippen LogP contribution < -0.4 is 11.1 Å². The van der Waals surface area contributed by atoms with E-state index in [9.17, 15) is 4.79 Å². The lowest BCUT2D eigenvalue weighted by Crippen LogP contribution is -2.41. The predicted octanol–water partition coefficient (Wildman–Crippen LogP) is 2.02. The van der Waals surface area contributed by atoms with Crippen LogP contribution in [0.25, 0.3) is 0 Å². The highest BCUT2D eigenvalue weighted by Gasteiger charge is 2.14. The Kier molecular flexibility index (Phi) is 6.13. The van der Waals surface area contributed by atoms with Gasteiger partial charge in [-0.3, -0.25) is 4.79 Å². The number of rotatable bonds is 7. The Morgan fingerprint density at radius 2 is 1.73 bits per heavy atom. The number of carbonyl (C=O) groups excluding carboxylic acids is 1. The minimum absolute atomic E-state index is 0.143. The summed E-state index contributed by atoms with van der Waals surface area (Å²) in [6.07, 6.45) is 0.534. The van der Waals surface area contributed by atoms with E-state index in [-0.39, 0.29) is 5.91 Å². The fourth-order valence-electron chi connectivity index (χ4n) is 2.30. The largest absolute Gasteiger partial charge is 0.380 e. The number of methoxy groups -OCH3 is 1. The number of hydrogen-bond donors (Lipinski definition) is 2. The highest BCUT2D eigenvalue weighted by atomic mass is 16.5. The van der Waals surface area contributed by atoms with Crippen LogP contribution in [-0.2, 0) is 29.1 Å². The third-order valence-electron chi connectivity index (χ3n) is 3.51. The molecule has 3 N–H and O–H groups in total. The van der Waals surface area contributed by atoms with Gasteiger partial charge in [0.25, 0.3) is 0 Å². The van der Waals surface area contributed by atoms with E-state index in [1.54, 1.807) is 7.11 Å². The van der Waals surface area contributed by atoms with Gasteiger partial charge in [0.2, 0.25) is 5.91 Å². The fraction of sp³-hybridized carbons (Fsp3) is 0.278. The molecular formula is C18H22N2O2. The summed E-state index contributed by atoms with van der Waals surface area (Å²) in [5, 5.41) is 2.90. The molecule has 1 unspecified atom stereocenters. The van der Waals surface area contributed by atoms with Gasteiger partial charge in [0.15, 0.2) is 0 Å². The van der Waals surface area contributed by atoms with Crippen LogP contribution in [-0.4, -0.2) is 19.1 Å². The first-order chi connectivity index (χ1) is 10.7. The van der Waals surface area contributed by atoms with Crippen molar-refractivity contribution in [2.75, 3.05) is 7.11 Å². The molecule has 116 valence electrons. The summed E-state index contributed by atoms with van der Waals surface area (Å²) < 4.78 is 5.16. The monoisotopic (exact) mass is 298 g/mol. The molecule has 4 nitrogen and oxygen atoms in total. The van der Waals surface area contributed by atoms with Crippen LogP contribution in [0.15, 0.2) is 54.6 Å². The van der Waals surface area contributed by atoms with Crippen LogP contribution in [0.5, 0.6) is 0 Å². The molecule has 1 amide bonds. The van der Waals surface area contributed by atoms with Crippen LogP contribution in [0, 0.1) is 0 Å². The maximum atomic E-state index is 12.1. The van der Waals surface area contributed by atoms with Gasteiger partial charge in [-0.05, 0) is 23.1 Å². The number of ether oxygens (including phenoxy) is 1. The van der Waals surface area contributed by atoms with Crippen molar-refractivity contribution in [1.82, 2.24) is 5.32 Å². The number of benzene rings is 2. The second-order valence-electron chi connectivity index (χ2n) is 5.22. The van der Waals surface area contributed by atoms with E-state index in [4.69, 9.17) is 10.5 Å². The highest BCUT2D eigenvalue weighted by Crippen LogP contribution is 2.10. The van der Waals surface area contributed by atoms with Gasteiger partial charge in [-0.15, -0.1) is 0 Å². The molecular weight excluding hydrogens is 276 g/mol. The zero-order chi connectivity index (χ0) is 15.8. The van der Waals surface area contributed by atoms with E-state index in [0.717, 1.165) is 16.7 Å². The first kappa shape index (κ1) is 16.2. The third kappa shape index (κ3) is 4.69. The maximum absolute atomic E-state index is 12.1. The highest BCUT2D eigenvalue weighted by molar-refractivity contribution is 5.81. The Morgan fingerprint density at radius 3 is 2.41 bits per heavy atom. The molecule has 4 heteroatoms. The van der Waals surface area contributed by atoms with Gasteiger partial charge >= 0.3 is 0 Å². The fourth-order valence-corrected chi connectivity index (χ4v) is 2.30. The summed E-state index contributed by atoms with van der Waals surface area (Å²) in [6.45, 7) is 0.989. The molecule has 2 aromatic rings. The number of hydrogen-bond acceptors (Lipinski definition) is 3. The Morgan fingerprint density at radius 1 is 1.09 bits per heavy atom. The van der Waals surface area contributed by atoms with E-state index < -0.39 is 6.04 Å². The van der Waals surface area contributed by atoms with Crippen LogP contribution in [0.2, 0.25) is 0 Å². The summed E-state index contributed by atoms with van der Waals surface area (Å²) in [5.41, 5.74) is 9.15. The van der Waals surface area contributed by atoms with E-state index in [1.807, 2.05) is 54.6 Å². The molecule has 0 aromatic heterocycles. The molecule has 22 heavy (non-hydrogen) atoms. The number of carbonyl (C=O) groups is 1. The summed E-state index contributed by atoms with van der Waals surface area (Å²) in [6, 6.07) is 17.1. The molecule has 0 saturated carbocycles. The molecule has 1 atom stereocenters. The predicted molar refractivity (Wildman–Crippen MR) is 87.1 cm³/mol. The number of nitrogens with two attached hydrogens (primary N) is 1. The zero-order valence-electron chi connectivity index (χ0n) is 12.8. The van der Waals surface area contributed by atoms with E-state index in [0.29, 0.717) is 19.6 Å². The molecule has 0 aliphatic carbocycles. The average molecular weight is 298 g/mol. The topological polar surface area (TPSA) is 64.3 Å². The standard InChI is InChI=1S/C18H22N2O2/c1-22-13-16-10-6-5-9-15(16)12-20-18(21)17(19)11-14-7-3-2-4-8-14/h2-10,17H,11-13,19H2,1H3,(H,20,21). The molecule has 0 fully saturated rings. The molecule has 0 spiro atoms. The quantitative estimate of drug-likeness (QED) is 0.822. The Balaban J connectivity index is 1.89. The van der Waals surface area contributed by atoms with Crippen molar-refractivity contribution in [2.45, 2.75) is 25.6 Å². The van der Waals surface area contributed by atoms with Crippen molar-refractivity contribution >= 4 is 5.91 Å². The van der Waals surface area contributed by atoms with Gasteiger partial charge in [0.1, 0.15) is 0 Å².